The van der Waals surface area contributed by atoms with Gasteiger partial charge in [0.25, 0.3) is 0 Å². The lowest BCUT2D eigenvalue weighted by Crippen LogP contribution is -2.64. The molecule has 1 N–H and O–H groups in total. The standard InChI is InChI=1S/C15H24O10/c1-7(16)22-6-10(20-4)11-13(23-8(2)17)12(21-5)14(15(19)25-11)24-9(3)18/h10-15,19H,6H2,1-5H3/t10-,11-,12+,13-,14-,15?/m1/s1. The third-order valence-corrected chi connectivity index (χ3v) is 3.55. The van der Waals surface area contributed by atoms with E-state index in [1.165, 1.54) is 28.1 Å². The summed E-state index contributed by atoms with van der Waals surface area (Å²) >= 11 is 0. The van der Waals surface area contributed by atoms with Crippen LogP contribution in [0.3, 0.4) is 0 Å². The molecule has 10 heteroatoms. The fourth-order valence-electron chi connectivity index (χ4n) is 2.56. The Kier molecular flexibility index (Phi) is 8.23. The van der Waals surface area contributed by atoms with Gasteiger partial charge in [-0.2, -0.15) is 0 Å². The first-order valence-corrected chi connectivity index (χ1v) is 7.58. The molecule has 0 aromatic carbocycles. The summed E-state index contributed by atoms with van der Waals surface area (Å²) in [5, 5.41) is 10.2. The van der Waals surface area contributed by atoms with Crippen LogP contribution < -0.4 is 0 Å². The molecule has 0 aromatic heterocycles. The summed E-state index contributed by atoms with van der Waals surface area (Å²) in [5.74, 6) is -1.84. The van der Waals surface area contributed by atoms with Gasteiger partial charge < -0.3 is 33.5 Å². The molecule has 1 rings (SSSR count). The summed E-state index contributed by atoms with van der Waals surface area (Å²) < 4.78 is 31.1. The number of methoxy groups -OCH3 is 2. The summed E-state index contributed by atoms with van der Waals surface area (Å²) in [6.07, 6.45) is -6.75. The van der Waals surface area contributed by atoms with Gasteiger partial charge in [-0.3, -0.25) is 14.4 Å². The average Bonchev–Trinajstić information content (AvgIpc) is 2.50. The minimum Gasteiger partial charge on any atom is -0.463 e. The van der Waals surface area contributed by atoms with Crippen molar-refractivity contribution in [3.8, 4) is 0 Å². The lowest BCUT2D eigenvalue weighted by Gasteiger charge is -2.44. The molecular formula is C15H24O10. The molecule has 0 radical (unpaired) electrons. The largest absolute Gasteiger partial charge is 0.463 e. The third-order valence-electron chi connectivity index (χ3n) is 3.55. The van der Waals surface area contributed by atoms with Gasteiger partial charge in [-0.1, -0.05) is 0 Å². The maximum absolute atomic E-state index is 11.5. The number of hydrogen-bond donors (Lipinski definition) is 1. The first-order chi connectivity index (χ1) is 11.7. The number of hydrogen-bond acceptors (Lipinski definition) is 10. The molecule has 1 heterocycles. The monoisotopic (exact) mass is 364 g/mol. The first kappa shape index (κ1) is 21.3. The summed E-state index contributed by atoms with van der Waals surface area (Å²) in [6, 6.07) is 0. The maximum Gasteiger partial charge on any atom is 0.303 e. The van der Waals surface area contributed by atoms with Crippen LogP contribution in [-0.4, -0.2) is 80.7 Å². The highest BCUT2D eigenvalue weighted by Crippen LogP contribution is 2.29. The van der Waals surface area contributed by atoms with E-state index in [-0.39, 0.29) is 6.61 Å². The Morgan fingerprint density at radius 1 is 0.960 bits per heavy atom. The van der Waals surface area contributed by atoms with Crippen molar-refractivity contribution >= 4 is 17.9 Å². The third kappa shape index (κ3) is 5.92. The van der Waals surface area contributed by atoms with Crippen molar-refractivity contribution < 1.29 is 47.9 Å². The van der Waals surface area contributed by atoms with Gasteiger partial charge >= 0.3 is 17.9 Å². The Balaban J connectivity index is 3.10. The van der Waals surface area contributed by atoms with Crippen molar-refractivity contribution in [2.75, 3.05) is 20.8 Å². The summed E-state index contributed by atoms with van der Waals surface area (Å²) in [6.45, 7) is 3.37. The maximum atomic E-state index is 11.5. The van der Waals surface area contributed by atoms with E-state index in [1.807, 2.05) is 0 Å². The highest BCUT2D eigenvalue weighted by Gasteiger charge is 2.52. The van der Waals surface area contributed by atoms with Gasteiger partial charge in [-0.05, 0) is 0 Å². The van der Waals surface area contributed by atoms with Crippen LogP contribution in [0.2, 0.25) is 0 Å². The van der Waals surface area contributed by atoms with Crippen molar-refractivity contribution in [1.29, 1.82) is 0 Å². The van der Waals surface area contributed by atoms with E-state index in [0.29, 0.717) is 0 Å². The fourth-order valence-corrected chi connectivity index (χ4v) is 2.56. The van der Waals surface area contributed by atoms with E-state index in [2.05, 4.69) is 0 Å². The number of carbonyl (C=O) groups excluding carboxylic acids is 3. The molecule has 1 aliphatic heterocycles. The van der Waals surface area contributed by atoms with Crippen LogP contribution in [-0.2, 0) is 42.8 Å². The summed E-state index contributed by atoms with van der Waals surface area (Å²) in [5.41, 5.74) is 0. The van der Waals surface area contributed by atoms with Gasteiger partial charge in [-0.15, -0.1) is 0 Å². The lowest BCUT2D eigenvalue weighted by atomic mass is 9.94. The van der Waals surface area contributed by atoms with Gasteiger partial charge in [0.2, 0.25) is 0 Å². The van der Waals surface area contributed by atoms with Crippen molar-refractivity contribution in [3.63, 3.8) is 0 Å². The van der Waals surface area contributed by atoms with Crippen LogP contribution in [0.15, 0.2) is 0 Å². The number of aliphatic hydroxyl groups excluding tert-OH is 1. The zero-order chi connectivity index (χ0) is 19.1. The molecule has 0 saturated carbocycles. The molecule has 144 valence electrons. The normalized spacial score (nSPS) is 30.2. The van der Waals surface area contributed by atoms with E-state index in [4.69, 9.17) is 28.4 Å². The summed E-state index contributed by atoms with van der Waals surface area (Å²) in [4.78, 5) is 33.8. The number of ether oxygens (including phenoxy) is 6. The van der Waals surface area contributed by atoms with Gasteiger partial charge in [0.15, 0.2) is 18.5 Å². The molecule has 6 atom stereocenters. The average molecular weight is 364 g/mol. The zero-order valence-corrected chi connectivity index (χ0v) is 14.8. The molecule has 10 nitrogen and oxygen atoms in total. The van der Waals surface area contributed by atoms with Crippen molar-refractivity contribution in [3.05, 3.63) is 0 Å². The molecule has 0 aromatic rings. The molecule has 1 fully saturated rings. The fraction of sp³-hybridized carbons (Fsp3) is 0.800. The van der Waals surface area contributed by atoms with Crippen LogP contribution in [0.25, 0.3) is 0 Å². The highest BCUT2D eigenvalue weighted by molar-refractivity contribution is 5.67. The van der Waals surface area contributed by atoms with Crippen LogP contribution in [0, 0.1) is 0 Å². The Labute approximate surface area is 145 Å². The number of carbonyl (C=O) groups is 3. The molecule has 0 bridgehead atoms. The quantitative estimate of drug-likeness (QED) is 0.451. The van der Waals surface area contributed by atoms with Crippen LogP contribution in [0.1, 0.15) is 20.8 Å². The second-order valence-corrected chi connectivity index (χ2v) is 5.42. The van der Waals surface area contributed by atoms with E-state index >= 15 is 0 Å². The second kappa shape index (κ2) is 9.66. The molecule has 0 amide bonds. The molecule has 0 spiro atoms. The van der Waals surface area contributed by atoms with Gasteiger partial charge in [0, 0.05) is 35.0 Å². The van der Waals surface area contributed by atoms with E-state index in [1.54, 1.807) is 0 Å². The molecule has 1 aliphatic rings. The zero-order valence-electron chi connectivity index (χ0n) is 14.8. The second-order valence-electron chi connectivity index (χ2n) is 5.42. The van der Waals surface area contributed by atoms with Crippen molar-refractivity contribution in [2.24, 2.45) is 0 Å². The number of esters is 3. The highest BCUT2D eigenvalue weighted by atomic mass is 16.7. The predicted octanol–water partition coefficient (Wildman–Crippen LogP) is -0.840. The van der Waals surface area contributed by atoms with Crippen LogP contribution in [0.4, 0.5) is 0 Å². The Hall–Kier alpha value is -1.75. The number of rotatable bonds is 7. The Morgan fingerprint density at radius 3 is 1.96 bits per heavy atom. The topological polar surface area (TPSA) is 127 Å². The van der Waals surface area contributed by atoms with E-state index in [9.17, 15) is 19.5 Å². The molecule has 0 aliphatic carbocycles. The van der Waals surface area contributed by atoms with Gasteiger partial charge in [0.05, 0.1) is 0 Å². The van der Waals surface area contributed by atoms with Crippen molar-refractivity contribution in [2.45, 2.75) is 57.6 Å². The van der Waals surface area contributed by atoms with Crippen LogP contribution in [0.5, 0.6) is 0 Å². The predicted molar refractivity (Wildman–Crippen MR) is 80.2 cm³/mol. The molecular weight excluding hydrogens is 340 g/mol. The Bertz CT molecular complexity index is 479. The molecule has 1 saturated heterocycles. The minimum absolute atomic E-state index is 0.199. The first-order valence-electron chi connectivity index (χ1n) is 7.58. The Morgan fingerprint density at radius 2 is 1.52 bits per heavy atom. The van der Waals surface area contributed by atoms with Crippen molar-refractivity contribution in [1.82, 2.24) is 0 Å². The molecule has 25 heavy (non-hydrogen) atoms. The van der Waals surface area contributed by atoms with Gasteiger partial charge in [-0.25, -0.2) is 0 Å². The number of aliphatic hydroxyl groups is 1. The van der Waals surface area contributed by atoms with Crippen LogP contribution >= 0.6 is 0 Å². The van der Waals surface area contributed by atoms with E-state index in [0.717, 1.165) is 6.92 Å². The summed E-state index contributed by atoms with van der Waals surface area (Å²) in [7, 11) is 2.65. The lowest BCUT2D eigenvalue weighted by molar-refractivity contribution is -0.308. The van der Waals surface area contributed by atoms with Gasteiger partial charge in [0.1, 0.15) is 24.9 Å². The molecule has 1 unspecified atom stereocenters. The van der Waals surface area contributed by atoms with E-state index < -0.39 is 54.7 Å². The minimum atomic E-state index is -1.55. The SMILES string of the molecule is CO[C@H]1[C@H](OC(C)=O)[C@@H]([C@@H](COC(C)=O)OC)OC(O)[C@@H]1OC(C)=O. The smallest absolute Gasteiger partial charge is 0.303 e.